The lowest BCUT2D eigenvalue weighted by atomic mass is 10.2. The van der Waals surface area contributed by atoms with Crippen LogP contribution in [0.5, 0.6) is 0 Å². The Balaban J connectivity index is 1.72. The molecule has 0 radical (unpaired) electrons. The summed E-state index contributed by atoms with van der Waals surface area (Å²) < 4.78 is 17.6. The highest BCUT2D eigenvalue weighted by atomic mass is 35.5. The van der Waals surface area contributed by atoms with Crippen molar-refractivity contribution in [3.05, 3.63) is 106 Å². The summed E-state index contributed by atoms with van der Waals surface area (Å²) in [5.74, 6) is -0.556. The van der Waals surface area contributed by atoms with E-state index in [1.807, 2.05) is 30.3 Å². The molecule has 0 aliphatic heterocycles. The minimum Gasteiger partial charge on any atom is -0.354 e. The summed E-state index contributed by atoms with van der Waals surface area (Å²) in [6.07, 6.45) is 6.88. The number of allylic oxidation sites excluding steroid dienone is 1. The molecule has 0 amide bonds. The first-order valence-corrected chi connectivity index (χ1v) is 9.56. The number of nitrogens with zero attached hydrogens (tertiary/aromatic N) is 4. The Kier molecular flexibility index (Phi) is 5.72. The topological polar surface area (TPSA) is 88.6 Å². The third kappa shape index (κ3) is 4.44. The minimum absolute atomic E-state index is 0.0530. The second-order valence-corrected chi connectivity index (χ2v) is 6.89. The third-order valence-corrected chi connectivity index (χ3v) is 4.56. The lowest BCUT2D eigenvalue weighted by Gasteiger charge is -2.13. The van der Waals surface area contributed by atoms with Gasteiger partial charge in [0.1, 0.15) is 5.69 Å². The van der Waals surface area contributed by atoms with Crippen molar-refractivity contribution in [2.45, 2.75) is 0 Å². The van der Waals surface area contributed by atoms with Gasteiger partial charge in [0.25, 0.3) is 0 Å². The lowest BCUT2D eigenvalue weighted by molar-refractivity contribution is 0.605. The predicted octanol–water partition coefficient (Wildman–Crippen LogP) is 4.31. The Morgan fingerprint density at radius 1 is 1.13 bits per heavy atom. The van der Waals surface area contributed by atoms with Crippen LogP contribution in [0.15, 0.2) is 84.1 Å². The third-order valence-electron chi connectivity index (χ3n) is 4.36. The maximum Gasteiger partial charge on any atom is 0.209 e. The molecule has 0 aliphatic rings. The summed E-state index contributed by atoms with van der Waals surface area (Å²) in [7, 11) is 0. The SMILES string of the molecule is N=C/C=C(\Nc1ccccc1)c1nn(-c2ccc(-n3cc(Cl)cn3)cc2F)ccc1=O. The van der Waals surface area contributed by atoms with Crippen LogP contribution in [0.3, 0.4) is 0 Å². The number of anilines is 1. The van der Waals surface area contributed by atoms with Gasteiger partial charge in [0.15, 0.2) is 11.5 Å². The van der Waals surface area contributed by atoms with Crippen LogP contribution in [-0.2, 0) is 0 Å². The van der Waals surface area contributed by atoms with E-state index in [-0.39, 0.29) is 16.8 Å². The molecule has 9 heteroatoms. The van der Waals surface area contributed by atoms with Gasteiger partial charge < -0.3 is 10.7 Å². The van der Waals surface area contributed by atoms with Crippen molar-refractivity contribution in [1.82, 2.24) is 19.6 Å². The highest BCUT2D eigenvalue weighted by Gasteiger charge is 2.13. The monoisotopic (exact) mass is 434 g/mol. The van der Waals surface area contributed by atoms with Crippen molar-refractivity contribution in [3.63, 3.8) is 0 Å². The van der Waals surface area contributed by atoms with Crippen LogP contribution in [0, 0.1) is 11.2 Å². The van der Waals surface area contributed by atoms with E-state index < -0.39 is 5.82 Å². The zero-order valence-corrected chi connectivity index (χ0v) is 16.8. The number of benzene rings is 2. The first-order chi connectivity index (χ1) is 15.0. The van der Waals surface area contributed by atoms with Gasteiger partial charge in [-0.1, -0.05) is 29.8 Å². The lowest BCUT2D eigenvalue weighted by Crippen LogP contribution is -2.19. The Bertz CT molecular complexity index is 1330. The molecule has 0 fully saturated rings. The van der Waals surface area contributed by atoms with E-state index in [0.29, 0.717) is 16.4 Å². The summed E-state index contributed by atoms with van der Waals surface area (Å²) in [5, 5.41) is 19.3. The average Bonchev–Trinajstić information content (AvgIpc) is 3.21. The number of para-hydroxylation sites is 1. The molecule has 0 saturated heterocycles. The molecule has 4 aromatic rings. The van der Waals surface area contributed by atoms with Crippen LogP contribution >= 0.6 is 11.6 Å². The molecule has 0 spiro atoms. The molecular formula is C22H16ClFN6O. The van der Waals surface area contributed by atoms with Gasteiger partial charge in [0.2, 0.25) is 5.43 Å². The van der Waals surface area contributed by atoms with Crippen molar-refractivity contribution < 1.29 is 4.39 Å². The van der Waals surface area contributed by atoms with Gasteiger partial charge >= 0.3 is 0 Å². The van der Waals surface area contributed by atoms with Crippen LogP contribution in [0.25, 0.3) is 17.1 Å². The molecule has 0 aliphatic carbocycles. The van der Waals surface area contributed by atoms with Crippen molar-refractivity contribution in [2.75, 3.05) is 5.32 Å². The number of nitrogens with one attached hydrogen (secondary N) is 2. The zero-order valence-electron chi connectivity index (χ0n) is 16.0. The fourth-order valence-corrected chi connectivity index (χ4v) is 3.07. The van der Waals surface area contributed by atoms with Gasteiger partial charge in [-0.05, 0) is 30.3 Å². The zero-order chi connectivity index (χ0) is 21.8. The molecule has 0 unspecified atom stereocenters. The van der Waals surface area contributed by atoms with Crippen LogP contribution in [-0.4, -0.2) is 25.8 Å². The van der Waals surface area contributed by atoms with E-state index in [4.69, 9.17) is 17.0 Å². The number of halogens is 2. The second kappa shape index (κ2) is 8.76. The normalized spacial score (nSPS) is 11.4. The molecule has 7 nitrogen and oxygen atoms in total. The maximum atomic E-state index is 14.9. The van der Waals surface area contributed by atoms with Crippen molar-refractivity contribution in [3.8, 4) is 11.4 Å². The minimum atomic E-state index is -0.556. The highest BCUT2D eigenvalue weighted by molar-refractivity contribution is 6.30. The van der Waals surface area contributed by atoms with Crippen molar-refractivity contribution in [1.29, 1.82) is 5.41 Å². The smallest absolute Gasteiger partial charge is 0.209 e. The standard InChI is InChI=1S/C22H16ClFN6O/c23-15-13-26-30(14-15)17-6-7-20(18(24)12-17)29-11-9-21(31)22(28-29)19(8-10-25)27-16-4-2-1-3-5-16/h1-14,25,27H/b19-8-,25-10?. The van der Waals surface area contributed by atoms with Crippen molar-refractivity contribution >= 4 is 29.2 Å². The molecule has 154 valence electrons. The molecule has 2 N–H and O–H groups in total. The van der Waals surface area contributed by atoms with Crippen LogP contribution in [0.1, 0.15) is 5.69 Å². The van der Waals surface area contributed by atoms with Gasteiger partial charge in [-0.25, -0.2) is 13.8 Å². The maximum absolute atomic E-state index is 14.9. The molecule has 0 saturated carbocycles. The fraction of sp³-hybridized carbons (Fsp3) is 0. The molecule has 2 aromatic heterocycles. The van der Waals surface area contributed by atoms with E-state index in [1.54, 1.807) is 12.3 Å². The highest BCUT2D eigenvalue weighted by Crippen LogP contribution is 2.19. The number of hydrogen-bond donors (Lipinski definition) is 2. The van der Waals surface area contributed by atoms with Crippen LogP contribution in [0.2, 0.25) is 5.02 Å². The molecule has 2 heterocycles. The Labute approximate surface area is 181 Å². The largest absolute Gasteiger partial charge is 0.354 e. The van der Waals surface area contributed by atoms with Crippen molar-refractivity contribution in [2.24, 2.45) is 0 Å². The molecule has 0 atom stereocenters. The predicted molar refractivity (Wildman–Crippen MR) is 119 cm³/mol. The van der Waals surface area contributed by atoms with E-state index in [0.717, 1.165) is 11.9 Å². The van der Waals surface area contributed by atoms with Gasteiger partial charge in [0.05, 0.1) is 22.6 Å². The first kappa shape index (κ1) is 20.2. The van der Waals surface area contributed by atoms with Gasteiger partial charge in [-0.2, -0.15) is 10.2 Å². The Morgan fingerprint density at radius 3 is 2.61 bits per heavy atom. The molecule has 31 heavy (non-hydrogen) atoms. The summed E-state index contributed by atoms with van der Waals surface area (Å²) in [4.78, 5) is 12.5. The van der Waals surface area contributed by atoms with Crippen LogP contribution in [0.4, 0.5) is 10.1 Å². The van der Waals surface area contributed by atoms with Gasteiger partial charge in [0, 0.05) is 36.4 Å². The van der Waals surface area contributed by atoms with E-state index >= 15 is 0 Å². The average molecular weight is 435 g/mol. The number of hydrogen-bond acceptors (Lipinski definition) is 5. The molecule has 4 rings (SSSR count). The van der Waals surface area contributed by atoms with Gasteiger partial charge in [-0.15, -0.1) is 0 Å². The van der Waals surface area contributed by atoms with Crippen LogP contribution < -0.4 is 10.7 Å². The first-order valence-electron chi connectivity index (χ1n) is 9.19. The number of aromatic nitrogens is 4. The Morgan fingerprint density at radius 2 is 1.94 bits per heavy atom. The van der Waals surface area contributed by atoms with Gasteiger partial charge in [-0.3, -0.25) is 4.79 Å². The molecule has 0 bridgehead atoms. The summed E-state index contributed by atoms with van der Waals surface area (Å²) >= 11 is 5.87. The summed E-state index contributed by atoms with van der Waals surface area (Å²) in [6.45, 7) is 0. The summed E-state index contributed by atoms with van der Waals surface area (Å²) in [6, 6.07) is 15.0. The van der Waals surface area contributed by atoms with E-state index in [9.17, 15) is 9.18 Å². The quantitative estimate of drug-likeness (QED) is 0.442. The fourth-order valence-electron chi connectivity index (χ4n) is 2.93. The summed E-state index contributed by atoms with van der Waals surface area (Å²) in [5.41, 5.74) is 1.37. The Hall–Kier alpha value is -4.04. The van der Waals surface area contributed by atoms with E-state index in [2.05, 4.69) is 15.5 Å². The number of rotatable bonds is 6. The molecular weight excluding hydrogens is 419 g/mol. The molecule has 2 aromatic carbocycles. The van der Waals surface area contributed by atoms with E-state index in [1.165, 1.54) is 46.0 Å². The second-order valence-electron chi connectivity index (χ2n) is 6.45.